The van der Waals surface area contributed by atoms with E-state index in [0.717, 1.165) is 19.0 Å². The maximum atomic E-state index is 6.26. The maximum Gasteiger partial charge on any atom is 0.0307 e. The Hall–Kier alpha value is -0.510. The number of rotatable bonds is 5. The van der Waals surface area contributed by atoms with Gasteiger partial charge in [0.05, 0.1) is 0 Å². The van der Waals surface area contributed by atoms with E-state index in [0.29, 0.717) is 0 Å². The Kier molecular flexibility index (Phi) is 5.10. The molecule has 0 aliphatic carbocycles. The third kappa shape index (κ3) is 3.74. The molecule has 18 heavy (non-hydrogen) atoms. The molecule has 2 N–H and O–H groups in total. The van der Waals surface area contributed by atoms with E-state index >= 15 is 0 Å². The Bertz CT molecular complexity index is 357. The van der Waals surface area contributed by atoms with E-state index in [9.17, 15) is 0 Å². The van der Waals surface area contributed by atoms with Crippen LogP contribution in [0.5, 0.6) is 0 Å². The Morgan fingerprint density at radius 1 is 1.39 bits per heavy atom. The van der Waals surface area contributed by atoms with Crippen molar-refractivity contribution in [3.05, 3.63) is 35.4 Å². The van der Waals surface area contributed by atoms with E-state index < -0.39 is 0 Å². The number of thioether (sulfide) groups is 1. The van der Waals surface area contributed by atoms with Crippen molar-refractivity contribution in [3.63, 3.8) is 0 Å². The molecule has 2 nitrogen and oxygen atoms in total. The molecule has 2 rings (SSSR count). The van der Waals surface area contributed by atoms with Gasteiger partial charge in [0.25, 0.3) is 0 Å². The molecule has 1 aromatic rings. The van der Waals surface area contributed by atoms with Crippen molar-refractivity contribution >= 4 is 11.8 Å². The van der Waals surface area contributed by atoms with Gasteiger partial charge in [0.2, 0.25) is 0 Å². The highest BCUT2D eigenvalue weighted by Gasteiger charge is 2.20. The lowest BCUT2D eigenvalue weighted by atomic mass is 10.0. The standard InChI is InChI=1S/C15H24N2S/c1-12-3-5-13(6-4-12)15(16)7-9-17(2)14-8-10-18-11-14/h3-6,14-15H,7-11,16H2,1-2H3. The maximum absolute atomic E-state index is 6.26. The van der Waals surface area contributed by atoms with E-state index in [1.165, 1.54) is 29.1 Å². The molecule has 1 aliphatic heterocycles. The molecule has 0 aromatic heterocycles. The van der Waals surface area contributed by atoms with Crippen molar-refractivity contribution in [3.8, 4) is 0 Å². The van der Waals surface area contributed by atoms with Crippen molar-refractivity contribution in [2.75, 3.05) is 25.1 Å². The molecule has 2 atom stereocenters. The smallest absolute Gasteiger partial charge is 0.0307 e. The van der Waals surface area contributed by atoms with Gasteiger partial charge in [0.1, 0.15) is 0 Å². The van der Waals surface area contributed by atoms with Gasteiger partial charge in [-0.1, -0.05) is 29.8 Å². The van der Waals surface area contributed by atoms with Crippen LogP contribution in [0.4, 0.5) is 0 Å². The highest BCUT2D eigenvalue weighted by atomic mass is 32.2. The van der Waals surface area contributed by atoms with Gasteiger partial charge in [-0.2, -0.15) is 11.8 Å². The molecule has 0 bridgehead atoms. The first-order chi connectivity index (χ1) is 8.66. The number of benzene rings is 1. The summed E-state index contributed by atoms with van der Waals surface area (Å²) >= 11 is 2.07. The quantitative estimate of drug-likeness (QED) is 0.887. The van der Waals surface area contributed by atoms with Crippen LogP contribution in [0.3, 0.4) is 0 Å². The lowest BCUT2D eigenvalue weighted by Gasteiger charge is -2.25. The van der Waals surface area contributed by atoms with Crippen molar-refractivity contribution in [1.29, 1.82) is 0 Å². The third-order valence-electron chi connectivity index (χ3n) is 3.83. The molecular weight excluding hydrogens is 240 g/mol. The second-order valence-electron chi connectivity index (χ2n) is 5.30. The highest BCUT2D eigenvalue weighted by molar-refractivity contribution is 7.99. The fraction of sp³-hybridized carbons (Fsp3) is 0.600. The van der Waals surface area contributed by atoms with Crippen LogP contribution in [0.25, 0.3) is 0 Å². The zero-order valence-electron chi connectivity index (χ0n) is 11.4. The normalized spacial score (nSPS) is 21.4. The summed E-state index contributed by atoms with van der Waals surface area (Å²) in [4.78, 5) is 2.48. The number of nitrogens with two attached hydrogens (primary N) is 1. The van der Waals surface area contributed by atoms with Gasteiger partial charge < -0.3 is 10.6 Å². The molecule has 0 saturated carbocycles. The van der Waals surface area contributed by atoms with Gasteiger partial charge in [-0.25, -0.2) is 0 Å². The molecule has 1 aromatic carbocycles. The van der Waals surface area contributed by atoms with Crippen molar-refractivity contribution < 1.29 is 0 Å². The topological polar surface area (TPSA) is 29.3 Å². The molecular formula is C15H24N2S. The van der Waals surface area contributed by atoms with Crippen LogP contribution in [0.2, 0.25) is 0 Å². The third-order valence-corrected chi connectivity index (χ3v) is 4.97. The van der Waals surface area contributed by atoms with E-state index in [4.69, 9.17) is 5.73 Å². The summed E-state index contributed by atoms with van der Waals surface area (Å²) in [7, 11) is 2.23. The Labute approximate surface area is 115 Å². The number of hydrogen-bond donors (Lipinski definition) is 1. The second-order valence-corrected chi connectivity index (χ2v) is 6.45. The zero-order valence-corrected chi connectivity index (χ0v) is 12.2. The zero-order chi connectivity index (χ0) is 13.0. The first-order valence-corrected chi connectivity index (χ1v) is 7.92. The van der Waals surface area contributed by atoms with Gasteiger partial charge in [0.15, 0.2) is 0 Å². The first kappa shape index (κ1) is 13.9. The second kappa shape index (κ2) is 6.60. The lowest BCUT2D eigenvalue weighted by Crippen LogP contribution is -2.33. The highest BCUT2D eigenvalue weighted by Crippen LogP contribution is 2.22. The van der Waals surface area contributed by atoms with Gasteiger partial charge in [-0.3, -0.25) is 0 Å². The van der Waals surface area contributed by atoms with Crippen LogP contribution in [0.15, 0.2) is 24.3 Å². The summed E-state index contributed by atoms with van der Waals surface area (Å²) in [5.74, 6) is 2.61. The SMILES string of the molecule is Cc1ccc(C(N)CCN(C)C2CCSC2)cc1. The molecule has 0 spiro atoms. The lowest BCUT2D eigenvalue weighted by molar-refractivity contribution is 0.253. The first-order valence-electron chi connectivity index (χ1n) is 6.77. The number of hydrogen-bond acceptors (Lipinski definition) is 3. The van der Waals surface area contributed by atoms with Gasteiger partial charge in [-0.05, 0) is 44.7 Å². The van der Waals surface area contributed by atoms with E-state index in [1.807, 2.05) is 0 Å². The summed E-state index contributed by atoms with van der Waals surface area (Å²) in [6.07, 6.45) is 2.38. The fourth-order valence-electron chi connectivity index (χ4n) is 2.38. The van der Waals surface area contributed by atoms with Crippen molar-refractivity contribution in [2.45, 2.75) is 31.8 Å². The molecule has 0 radical (unpaired) electrons. The fourth-order valence-corrected chi connectivity index (χ4v) is 3.67. The van der Waals surface area contributed by atoms with Crippen molar-refractivity contribution in [2.24, 2.45) is 5.73 Å². The predicted molar refractivity (Wildman–Crippen MR) is 81.1 cm³/mol. The summed E-state index contributed by atoms with van der Waals surface area (Å²) in [6, 6.07) is 9.54. The molecule has 1 saturated heterocycles. The van der Waals surface area contributed by atoms with Crippen LogP contribution >= 0.6 is 11.8 Å². The van der Waals surface area contributed by atoms with Gasteiger partial charge >= 0.3 is 0 Å². The monoisotopic (exact) mass is 264 g/mol. The van der Waals surface area contributed by atoms with Crippen LogP contribution in [-0.2, 0) is 0 Å². The Morgan fingerprint density at radius 3 is 2.72 bits per heavy atom. The minimum Gasteiger partial charge on any atom is -0.324 e. The average Bonchev–Trinajstić information content (AvgIpc) is 2.90. The molecule has 100 valence electrons. The largest absolute Gasteiger partial charge is 0.324 e. The molecule has 0 amide bonds. The summed E-state index contributed by atoms with van der Waals surface area (Å²) in [5, 5.41) is 0. The molecule has 1 heterocycles. The van der Waals surface area contributed by atoms with Crippen LogP contribution in [-0.4, -0.2) is 36.0 Å². The number of aryl methyl sites for hydroxylation is 1. The summed E-state index contributed by atoms with van der Waals surface area (Å²) in [6.45, 7) is 3.21. The van der Waals surface area contributed by atoms with E-state index in [-0.39, 0.29) is 6.04 Å². The van der Waals surface area contributed by atoms with Crippen LogP contribution in [0.1, 0.15) is 30.0 Å². The van der Waals surface area contributed by atoms with Crippen LogP contribution in [0, 0.1) is 6.92 Å². The summed E-state index contributed by atoms with van der Waals surface area (Å²) < 4.78 is 0. The molecule has 2 unspecified atom stereocenters. The average molecular weight is 264 g/mol. The Morgan fingerprint density at radius 2 is 2.11 bits per heavy atom. The minimum atomic E-state index is 0.169. The molecule has 1 aliphatic rings. The predicted octanol–water partition coefficient (Wildman–Crippen LogP) is 2.82. The Balaban J connectivity index is 1.80. The van der Waals surface area contributed by atoms with Crippen LogP contribution < -0.4 is 5.73 Å². The number of nitrogens with zero attached hydrogens (tertiary/aromatic N) is 1. The van der Waals surface area contributed by atoms with E-state index in [2.05, 4.69) is 54.9 Å². The minimum absolute atomic E-state index is 0.169. The van der Waals surface area contributed by atoms with E-state index in [1.54, 1.807) is 0 Å². The van der Waals surface area contributed by atoms with Crippen molar-refractivity contribution in [1.82, 2.24) is 4.90 Å². The van der Waals surface area contributed by atoms with Gasteiger partial charge in [-0.15, -0.1) is 0 Å². The summed E-state index contributed by atoms with van der Waals surface area (Å²) in [5.41, 5.74) is 8.82. The van der Waals surface area contributed by atoms with Gasteiger partial charge in [0, 0.05) is 17.8 Å². The molecule has 1 fully saturated rings. The molecule has 3 heteroatoms.